The molecule has 0 atom stereocenters. The molecule has 1 saturated heterocycles. The number of rotatable bonds is 4. The van der Waals surface area contributed by atoms with Crippen molar-refractivity contribution in [3.63, 3.8) is 0 Å². The third-order valence-corrected chi connectivity index (χ3v) is 6.05. The molecule has 0 aliphatic carbocycles. The molecule has 0 bridgehead atoms. The van der Waals surface area contributed by atoms with Gasteiger partial charge >= 0.3 is 0 Å². The number of nitrogens with zero attached hydrogens (tertiary/aromatic N) is 2. The number of ether oxygens (including phenoxy) is 1. The van der Waals surface area contributed by atoms with Crippen molar-refractivity contribution in [2.45, 2.75) is 4.90 Å². The second-order valence-corrected chi connectivity index (χ2v) is 8.21. The van der Waals surface area contributed by atoms with E-state index in [0.29, 0.717) is 52.6 Å². The number of thioether (sulfide) groups is 1. The quantitative estimate of drug-likeness (QED) is 0.674. The fourth-order valence-electron chi connectivity index (χ4n) is 3.10. The van der Waals surface area contributed by atoms with E-state index in [1.165, 1.54) is 16.7 Å². The zero-order valence-corrected chi connectivity index (χ0v) is 17.1. The Hall–Kier alpha value is -1.99. The van der Waals surface area contributed by atoms with Crippen LogP contribution in [0.4, 0.5) is 5.69 Å². The molecule has 2 heterocycles. The fraction of sp³-hybridized carbons (Fsp3) is 0.200. The van der Waals surface area contributed by atoms with E-state index in [9.17, 15) is 9.59 Å². The van der Waals surface area contributed by atoms with Gasteiger partial charge in [-0.3, -0.25) is 9.59 Å². The third-order valence-electron chi connectivity index (χ3n) is 4.46. The Bertz CT molecular complexity index is 939. The summed E-state index contributed by atoms with van der Waals surface area (Å²) in [4.78, 5) is 30.9. The molecule has 28 heavy (non-hydrogen) atoms. The monoisotopic (exact) mass is 434 g/mol. The van der Waals surface area contributed by atoms with E-state index in [-0.39, 0.29) is 11.8 Å². The van der Waals surface area contributed by atoms with Crippen molar-refractivity contribution < 1.29 is 14.3 Å². The minimum Gasteiger partial charge on any atom is -0.378 e. The number of hydrogen-bond donors (Lipinski definition) is 0. The van der Waals surface area contributed by atoms with Crippen molar-refractivity contribution in [2.75, 3.05) is 31.2 Å². The molecular weight excluding hydrogens is 419 g/mol. The molecule has 0 unspecified atom stereocenters. The summed E-state index contributed by atoms with van der Waals surface area (Å²) in [5.41, 5.74) is 0.917. The van der Waals surface area contributed by atoms with Crippen molar-refractivity contribution in [2.24, 2.45) is 0 Å². The lowest BCUT2D eigenvalue weighted by Crippen LogP contribution is -2.40. The molecule has 0 N–H and O–H groups in total. The van der Waals surface area contributed by atoms with Crippen LogP contribution in [0.3, 0.4) is 0 Å². The second-order valence-electron chi connectivity index (χ2n) is 6.26. The van der Waals surface area contributed by atoms with E-state index in [0.717, 1.165) is 4.90 Å². The van der Waals surface area contributed by atoms with E-state index < -0.39 is 0 Å². The summed E-state index contributed by atoms with van der Waals surface area (Å²) >= 11 is 13.2. The average Bonchev–Trinajstić information content (AvgIpc) is 2.95. The largest absolute Gasteiger partial charge is 0.378 e. The molecule has 2 aromatic rings. The van der Waals surface area contributed by atoms with Gasteiger partial charge in [0, 0.05) is 28.0 Å². The van der Waals surface area contributed by atoms with Gasteiger partial charge in [0.15, 0.2) is 0 Å². The van der Waals surface area contributed by atoms with Crippen molar-refractivity contribution in [1.82, 2.24) is 4.90 Å². The highest BCUT2D eigenvalue weighted by atomic mass is 35.5. The Balaban J connectivity index is 1.72. The Morgan fingerprint density at radius 1 is 0.821 bits per heavy atom. The first kappa shape index (κ1) is 19.3. The van der Waals surface area contributed by atoms with E-state index >= 15 is 0 Å². The van der Waals surface area contributed by atoms with Crippen LogP contribution in [0.25, 0.3) is 0 Å². The number of morpholine rings is 1. The second kappa shape index (κ2) is 8.17. The normalized spacial score (nSPS) is 17.6. The topological polar surface area (TPSA) is 49.9 Å². The standard InChI is InChI=1S/C20H16Cl2N2O3S/c21-13-1-5-15(6-2-13)24-19(25)17(23-9-11-27-12-10-23)18(20(24)26)28-16-7-3-14(22)4-8-16/h1-8H,9-12H2. The molecule has 144 valence electrons. The summed E-state index contributed by atoms with van der Waals surface area (Å²) in [6.45, 7) is 2.16. The molecule has 2 aromatic carbocycles. The molecule has 1 fully saturated rings. The lowest BCUT2D eigenvalue weighted by atomic mass is 10.3. The Kier molecular flexibility index (Phi) is 5.64. The SMILES string of the molecule is O=C1C(Sc2ccc(Cl)cc2)=C(N2CCOCC2)C(=O)N1c1ccc(Cl)cc1. The summed E-state index contributed by atoms with van der Waals surface area (Å²) in [5.74, 6) is -0.667. The first-order chi connectivity index (χ1) is 13.5. The minimum atomic E-state index is -0.339. The van der Waals surface area contributed by atoms with Crippen LogP contribution in [-0.4, -0.2) is 43.0 Å². The van der Waals surface area contributed by atoms with E-state index in [1.54, 1.807) is 36.4 Å². The maximum Gasteiger partial charge on any atom is 0.283 e. The summed E-state index contributed by atoms with van der Waals surface area (Å²) < 4.78 is 5.40. The van der Waals surface area contributed by atoms with Crippen LogP contribution in [0.2, 0.25) is 10.0 Å². The molecule has 2 aliphatic rings. The predicted molar refractivity (Wildman–Crippen MR) is 111 cm³/mol. The van der Waals surface area contributed by atoms with Gasteiger partial charge < -0.3 is 9.64 Å². The molecule has 0 saturated carbocycles. The van der Waals surface area contributed by atoms with E-state index in [4.69, 9.17) is 27.9 Å². The van der Waals surface area contributed by atoms with Crippen LogP contribution in [-0.2, 0) is 14.3 Å². The lowest BCUT2D eigenvalue weighted by molar-refractivity contribution is -0.121. The van der Waals surface area contributed by atoms with Gasteiger partial charge in [-0.1, -0.05) is 35.0 Å². The molecule has 0 spiro atoms. The average molecular weight is 435 g/mol. The lowest BCUT2D eigenvalue weighted by Gasteiger charge is -2.29. The Morgan fingerprint density at radius 3 is 2.00 bits per heavy atom. The van der Waals surface area contributed by atoms with Gasteiger partial charge in [-0.2, -0.15) is 0 Å². The fourth-order valence-corrected chi connectivity index (χ4v) is 4.35. The Morgan fingerprint density at radius 2 is 1.39 bits per heavy atom. The van der Waals surface area contributed by atoms with Crippen molar-refractivity contribution in [1.29, 1.82) is 0 Å². The maximum absolute atomic E-state index is 13.3. The van der Waals surface area contributed by atoms with Gasteiger partial charge in [-0.05, 0) is 48.5 Å². The van der Waals surface area contributed by atoms with Crippen molar-refractivity contribution in [3.05, 3.63) is 69.2 Å². The zero-order chi connectivity index (χ0) is 19.7. The van der Waals surface area contributed by atoms with Gasteiger partial charge in [0.25, 0.3) is 11.8 Å². The number of carbonyl (C=O) groups excluding carboxylic acids is 2. The summed E-state index contributed by atoms with van der Waals surface area (Å²) in [6.07, 6.45) is 0. The summed E-state index contributed by atoms with van der Waals surface area (Å²) in [7, 11) is 0. The van der Waals surface area contributed by atoms with Crippen LogP contribution >= 0.6 is 35.0 Å². The van der Waals surface area contributed by atoms with Crippen molar-refractivity contribution in [3.8, 4) is 0 Å². The summed E-state index contributed by atoms with van der Waals surface area (Å²) in [5, 5.41) is 1.16. The van der Waals surface area contributed by atoms with Gasteiger partial charge in [0.05, 0.1) is 18.9 Å². The third kappa shape index (κ3) is 3.78. The number of benzene rings is 2. The van der Waals surface area contributed by atoms with Crippen LogP contribution in [0, 0.1) is 0 Å². The number of anilines is 1. The van der Waals surface area contributed by atoms with Crippen LogP contribution < -0.4 is 4.90 Å². The highest BCUT2D eigenvalue weighted by Gasteiger charge is 2.42. The molecule has 2 aliphatic heterocycles. The molecule has 5 nitrogen and oxygen atoms in total. The van der Waals surface area contributed by atoms with Gasteiger partial charge in [-0.25, -0.2) is 4.90 Å². The van der Waals surface area contributed by atoms with Crippen LogP contribution in [0.1, 0.15) is 0 Å². The molecular formula is C20H16Cl2N2O3S. The Labute approximate surface area is 176 Å². The van der Waals surface area contributed by atoms with Crippen LogP contribution in [0.5, 0.6) is 0 Å². The molecule has 2 amide bonds. The molecule has 0 radical (unpaired) electrons. The molecule has 8 heteroatoms. The van der Waals surface area contributed by atoms with Gasteiger partial charge in [0.1, 0.15) is 10.6 Å². The number of imide groups is 1. The number of amides is 2. The predicted octanol–water partition coefficient (Wildman–Crippen LogP) is 4.20. The maximum atomic E-state index is 13.3. The zero-order valence-electron chi connectivity index (χ0n) is 14.7. The minimum absolute atomic E-state index is 0.328. The highest BCUT2D eigenvalue weighted by Crippen LogP contribution is 2.39. The smallest absolute Gasteiger partial charge is 0.283 e. The first-order valence-corrected chi connectivity index (χ1v) is 10.3. The van der Waals surface area contributed by atoms with E-state index in [2.05, 4.69) is 0 Å². The number of hydrogen-bond acceptors (Lipinski definition) is 5. The highest BCUT2D eigenvalue weighted by molar-refractivity contribution is 8.04. The number of halogens is 2. The first-order valence-electron chi connectivity index (χ1n) is 8.69. The molecule has 0 aromatic heterocycles. The van der Waals surface area contributed by atoms with Crippen LogP contribution in [0.15, 0.2) is 64.0 Å². The van der Waals surface area contributed by atoms with E-state index in [1.807, 2.05) is 17.0 Å². The summed E-state index contributed by atoms with van der Waals surface area (Å²) in [6, 6.07) is 13.9. The van der Waals surface area contributed by atoms with Crippen molar-refractivity contribution >= 4 is 52.5 Å². The van der Waals surface area contributed by atoms with Gasteiger partial charge in [0.2, 0.25) is 0 Å². The number of carbonyl (C=O) groups is 2. The molecule has 4 rings (SSSR count). The van der Waals surface area contributed by atoms with Gasteiger partial charge in [-0.15, -0.1) is 0 Å².